The Morgan fingerprint density at radius 3 is 2.67 bits per heavy atom. The summed E-state index contributed by atoms with van der Waals surface area (Å²) in [6.07, 6.45) is -0.268. The van der Waals surface area contributed by atoms with E-state index in [-0.39, 0.29) is 37.5 Å². The zero-order chi connectivity index (χ0) is 17.9. The van der Waals surface area contributed by atoms with Crippen molar-refractivity contribution in [3.05, 3.63) is 29.8 Å². The maximum Gasteiger partial charge on any atom is 0.305 e. The van der Waals surface area contributed by atoms with Gasteiger partial charge in [-0.2, -0.15) is 0 Å². The van der Waals surface area contributed by atoms with Crippen LogP contribution in [0.4, 0.5) is 14.5 Å². The van der Waals surface area contributed by atoms with Crippen molar-refractivity contribution in [2.45, 2.75) is 19.8 Å². The molecule has 1 aromatic rings. The Bertz CT molecular complexity index is 665. The molecule has 0 aromatic heterocycles. The molecular weight excluding hydrogens is 322 g/mol. The Hall–Kier alpha value is -2.51. The predicted molar refractivity (Wildman–Crippen MR) is 81.3 cm³/mol. The van der Waals surface area contributed by atoms with Gasteiger partial charge in [0.25, 0.3) is 0 Å². The van der Waals surface area contributed by atoms with Gasteiger partial charge in [0.1, 0.15) is 11.6 Å². The summed E-state index contributed by atoms with van der Waals surface area (Å²) in [5, 5.41) is 8.72. The number of carbonyl (C=O) groups is 3. The van der Waals surface area contributed by atoms with Crippen molar-refractivity contribution >= 4 is 23.5 Å². The number of hydrogen-bond donors (Lipinski definition) is 1. The highest BCUT2D eigenvalue weighted by Gasteiger charge is 2.37. The lowest BCUT2D eigenvalue weighted by atomic mass is 10.1. The largest absolute Gasteiger partial charge is 0.481 e. The van der Waals surface area contributed by atoms with Crippen LogP contribution in [0, 0.1) is 17.6 Å². The van der Waals surface area contributed by atoms with Crippen LogP contribution < -0.4 is 4.90 Å². The number of carbonyl (C=O) groups excluding carboxylic acids is 2. The first-order valence-corrected chi connectivity index (χ1v) is 7.59. The molecule has 130 valence electrons. The Labute approximate surface area is 137 Å². The maximum atomic E-state index is 13.8. The monoisotopic (exact) mass is 340 g/mol. The minimum atomic E-state index is -1.02. The zero-order valence-corrected chi connectivity index (χ0v) is 13.2. The van der Waals surface area contributed by atoms with Gasteiger partial charge in [-0.15, -0.1) is 0 Å². The Morgan fingerprint density at radius 2 is 2.08 bits per heavy atom. The molecule has 0 spiro atoms. The summed E-state index contributed by atoms with van der Waals surface area (Å²) >= 11 is 0. The third-order valence-electron chi connectivity index (χ3n) is 3.96. The summed E-state index contributed by atoms with van der Waals surface area (Å²) in [5.41, 5.74) is -0.0646. The molecule has 1 aliphatic heterocycles. The number of nitrogens with zero attached hydrogens (tertiary/aromatic N) is 2. The number of amides is 2. The van der Waals surface area contributed by atoms with Crippen LogP contribution in [0.1, 0.15) is 19.8 Å². The number of halogens is 2. The van der Waals surface area contributed by atoms with Gasteiger partial charge in [-0.3, -0.25) is 14.4 Å². The summed E-state index contributed by atoms with van der Waals surface area (Å²) in [6, 6.07) is 2.90. The molecule has 24 heavy (non-hydrogen) atoms. The van der Waals surface area contributed by atoms with Gasteiger partial charge in [0, 0.05) is 32.1 Å². The van der Waals surface area contributed by atoms with Gasteiger partial charge in [0.05, 0.1) is 18.0 Å². The lowest BCUT2D eigenvalue weighted by Gasteiger charge is -2.23. The van der Waals surface area contributed by atoms with Gasteiger partial charge in [0.2, 0.25) is 11.8 Å². The predicted octanol–water partition coefficient (Wildman–Crippen LogP) is 1.64. The second-order valence-electron chi connectivity index (χ2n) is 5.56. The maximum absolute atomic E-state index is 13.8. The van der Waals surface area contributed by atoms with Crippen molar-refractivity contribution in [2.75, 3.05) is 24.5 Å². The van der Waals surface area contributed by atoms with Crippen LogP contribution in [-0.2, 0) is 14.4 Å². The van der Waals surface area contributed by atoms with E-state index in [2.05, 4.69) is 0 Å². The van der Waals surface area contributed by atoms with E-state index in [9.17, 15) is 23.2 Å². The topological polar surface area (TPSA) is 77.9 Å². The summed E-state index contributed by atoms with van der Waals surface area (Å²) < 4.78 is 26.8. The molecule has 0 bridgehead atoms. The average Bonchev–Trinajstić information content (AvgIpc) is 2.89. The molecule has 1 atom stereocenters. The first kappa shape index (κ1) is 17.8. The van der Waals surface area contributed by atoms with Crippen LogP contribution >= 0.6 is 0 Å². The van der Waals surface area contributed by atoms with Gasteiger partial charge in [-0.05, 0) is 19.1 Å². The molecule has 1 saturated heterocycles. The molecule has 1 aromatic carbocycles. The first-order chi connectivity index (χ1) is 11.3. The summed E-state index contributed by atoms with van der Waals surface area (Å²) in [6.45, 7) is 2.08. The molecule has 0 saturated carbocycles. The normalized spacial score (nSPS) is 17.2. The number of anilines is 1. The van der Waals surface area contributed by atoms with Crippen LogP contribution in [0.25, 0.3) is 0 Å². The van der Waals surface area contributed by atoms with Gasteiger partial charge in [-0.25, -0.2) is 8.78 Å². The van der Waals surface area contributed by atoms with Gasteiger partial charge in [-0.1, -0.05) is 0 Å². The molecule has 1 unspecified atom stereocenters. The molecule has 8 heteroatoms. The molecule has 6 nitrogen and oxygen atoms in total. The van der Waals surface area contributed by atoms with E-state index >= 15 is 0 Å². The molecule has 0 aliphatic carbocycles. The molecule has 2 rings (SSSR count). The van der Waals surface area contributed by atoms with Gasteiger partial charge >= 0.3 is 5.97 Å². The molecule has 1 fully saturated rings. The second-order valence-corrected chi connectivity index (χ2v) is 5.56. The number of benzene rings is 1. The van der Waals surface area contributed by atoms with E-state index in [0.29, 0.717) is 12.6 Å². The van der Waals surface area contributed by atoms with E-state index in [4.69, 9.17) is 5.11 Å². The smallest absolute Gasteiger partial charge is 0.305 e. The third kappa shape index (κ3) is 3.87. The van der Waals surface area contributed by atoms with E-state index < -0.39 is 29.4 Å². The highest BCUT2D eigenvalue weighted by atomic mass is 19.1. The number of aliphatic carboxylic acids is 1. The molecule has 1 N–H and O–H groups in total. The van der Waals surface area contributed by atoms with Crippen LogP contribution in [0.15, 0.2) is 18.2 Å². The van der Waals surface area contributed by atoms with Crippen molar-refractivity contribution in [3.63, 3.8) is 0 Å². The van der Waals surface area contributed by atoms with Crippen LogP contribution in [0.2, 0.25) is 0 Å². The summed E-state index contributed by atoms with van der Waals surface area (Å²) in [7, 11) is 0. The third-order valence-corrected chi connectivity index (χ3v) is 3.96. The SMILES string of the molecule is CCN(CCC(=O)O)C(=O)C1CC(=O)N(c2ccc(F)cc2F)C1. The van der Waals surface area contributed by atoms with Gasteiger partial charge < -0.3 is 14.9 Å². The van der Waals surface area contributed by atoms with Crippen LogP contribution in [0.5, 0.6) is 0 Å². The van der Waals surface area contributed by atoms with Crippen molar-refractivity contribution in [1.82, 2.24) is 4.90 Å². The number of carboxylic acids is 1. The van der Waals surface area contributed by atoms with Gasteiger partial charge in [0.15, 0.2) is 0 Å². The molecule has 1 heterocycles. The highest BCUT2D eigenvalue weighted by Crippen LogP contribution is 2.28. The van der Waals surface area contributed by atoms with E-state index in [1.54, 1.807) is 6.92 Å². The minimum Gasteiger partial charge on any atom is -0.481 e. The number of carboxylic acid groups (broad SMARTS) is 1. The van der Waals surface area contributed by atoms with Crippen LogP contribution in [-0.4, -0.2) is 47.4 Å². The standard InChI is InChI=1S/C16H18F2N2O4/c1-2-19(6-5-15(22)23)16(24)10-7-14(21)20(9-10)13-4-3-11(17)8-12(13)18/h3-4,8,10H,2,5-7,9H2,1H3,(H,22,23). The highest BCUT2D eigenvalue weighted by molar-refractivity contribution is 6.00. The van der Waals surface area contributed by atoms with E-state index in [1.165, 1.54) is 4.90 Å². The Kier molecular flexibility index (Phi) is 5.48. The summed E-state index contributed by atoms with van der Waals surface area (Å²) in [4.78, 5) is 37.7. The Balaban J connectivity index is 2.10. The second kappa shape index (κ2) is 7.37. The lowest BCUT2D eigenvalue weighted by Crippen LogP contribution is -2.38. The van der Waals surface area contributed by atoms with Crippen molar-refractivity contribution in [2.24, 2.45) is 5.92 Å². The number of rotatable bonds is 6. The van der Waals surface area contributed by atoms with E-state index in [0.717, 1.165) is 17.0 Å². The quantitative estimate of drug-likeness (QED) is 0.854. The fourth-order valence-corrected chi connectivity index (χ4v) is 2.72. The fourth-order valence-electron chi connectivity index (χ4n) is 2.72. The van der Waals surface area contributed by atoms with E-state index in [1.807, 2.05) is 0 Å². The van der Waals surface area contributed by atoms with Crippen molar-refractivity contribution < 1.29 is 28.3 Å². The first-order valence-electron chi connectivity index (χ1n) is 7.59. The molecule has 1 aliphatic rings. The fraction of sp³-hybridized carbons (Fsp3) is 0.438. The van der Waals surface area contributed by atoms with Crippen molar-refractivity contribution in [1.29, 1.82) is 0 Å². The molecular formula is C16H18F2N2O4. The molecule has 2 amide bonds. The summed E-state index contributed by atoms with van der Waals surface area (Å²) in [5.74, 6) is -4.06. The molecule has 0 radical (unpaired) electrons. The van der Waals surface area contributed by atoms with Crippen LogP contribution in [0.3, 0.4) is 0 Å². The zero-order valence-electron chi connectivity index (χ0n) is 13.2. The Morgan fingerprint density at radius 1 is 1.38 bits per heavy atom. The minimum absolute atomic E-state index is 0.0101. The number of hydrogen-bond acceptors (Lipinski definition) is 3. The average molecular weight is 340 g/mol. The van der Waals surface area contributed by atoms with Crippen molar-refractivity contribution in [3.8, 4) is 0 Å². The lowest BCUT2D eigenvalue weighted by molar-refractivity contribution is -0.139.